The van der Waals surface area contributed by atoms with E-state index in [1.54, 1.807) is 41.1 Å². The van der Waals surface area contributed by atoms with Gasteiger partial charge in [-0.1, -0.05) is 29.3 Å². The summed E-state index contributed by atoms with van der Waals surface area (Å²) in [6.07, 6.45) is 2.51. The van der Waals surface area contributed by atoms with E-state index in [0.717, 1.165) is 6.29 Å². The second-order valence-electron chi connectivity index (χ2n) is 2.99. The van der Waals surface area contributed by atoms with Crippen molar-refractivity contribution < 1.29 is 4.79 Å². The van der Waals surface area contributed by atoms with Gasteiger partial charge in [0.05, 0.1) is 21.4 Å². The molecule has 2 rings (SSSR count). The Morgan fingerprint density at radius 3 is 2.33 bits per heavy atom. The largest absolute Gasteiger partial charge is 0.311 e. The highest BCUT2D eigenvalue weighted by atomic mass is 35.5. The molecule has 0 amide bonds. The van der Waals surface area contributed by atoms with Crippen LogP contribution in [0.25, 0.3) is 5.69 Å². The van der Waals surface area contributed by atoms with Crippen molar-refractivity contribution in [3.05, 3.63) is 52.3 Å². The van der Waals surface area contributed by atoms with E-state index >= 15 is 0 Å². The van der Waals surface area contributed by atoms with Gasteiger partial charge in [-0.2, -0.15) is 0 Å². The minimum Gasteiger partial charge on any atom is -0.311 e. The Labute approximate surface area is 97.0 Å². The van der Waals surface area contributed by atoms with Crippen LogP contribution >= 0.6 is 23.2 Å². The van der Waals surface area contributed by atoms with Gasteiger partial charge in [0.2, 0.25) is 0 Å². The van der Waals surface area contributed by atoms with Crippen LogP contribution in [0.5, 0.6) is 0 Å². The summed E-state index contributed by atoms with van der Waals surface area (Å²) in [5.41, 5.74) is 1.15. The molecule has 2 nitrogen and oxygen atoms in total. The standard InChI is InChI=1S/C11H7Cl2NO/c12-9-4-1-5-10(13)11(9)14-6-2-3-8(14)7-15/h1-7H. The van der Waals surface area contributed by atoms with E-state index in [2.05, 4.69) is 0 Å². The van der Waals surface area contributed by atoms with Gasteiger partial charge in [0.25, 0.3) is 0 Å². The normalized spacial score (nSPS) is 10.3. The number of hydrogen-bond acceptors (Lipinski definition) is 1. The summed E-state index contributed by atoms with van der Waals surface area (Å²) >= 11 is 12.1. The third kappa shape index (κ3) is 1.78. The van der Waals surface area contributed by atoms with Crippen LogP contribution in [0.1, 0.15) is 10.5 Å². The molecule has 15 heavy (non-hydrogen) atoms. The first-order valence-electron chi connectivity index (χ1n) is 4.31. The van der Waals surface area contributed by atoms with Crippen LogP contribution in [0.15, 0.2) is 36.5 Å². The molecule has 0 unspecified atom stereocenters. The maximum absolute atomic E-state index is 10.8. The summed E-state index contributed by atoms with van der Waals surface area (Å²) < 4.78 is 1.66. The maximum atomic E-state index is 10.8. The zero-order valence-corrected chi connectivity index (χ0v) is 9.16. The second kappa shape index (κ2) is 4.09. The number of para-hydroxylation sites is 1. The number of benzene rings is 1. The van der Waals surface area contributed by atoms with E-state index in [4.69, 9.17) is 23.2 Å². The number of rotatable bonds is 2. The van der Waals surface area contributed by atoms with Crippen molar-refractivity contribution in [1.82, 2.24) is 4.57 Å². The average Bonchev–Trinajstić information content (AvgIpc) is 2.65. The van der Waals surface area contributed by atoms with E-state index in [1.165, 1.54) is 0 Å². The Balaban J connectivity index is 2.68. The van der Waals surface area contributed by atoms with Gasteiger partial charge < -0.3 is 4.57 Å². The highest BCUT2D eigenvalue weighted by Gasteiger charge is 2.09. The molecule has 0 bridgehead atoms. The second-order valence-corrected chi connectivity index (χ2v) is 3.81. The molecule has 0 aliphatic rings. The fraction of sp³-hybridized carbons (Fsp3) is 0. The summed E-state index contributed by atoms with van der Waals surface area (Å²) in [6, 6.07) is 8.70. The number of nitrogens with zero attached hydrogens (tertiary/aromatic N) is 1. The topological polar surface area (TPSA) is 22.0 Å². The Bertz CT molecular complexity index is 485. The van der Waals surface area contributed by atoms with Gasteiger partial charge in [-0.15, -0.1) is 0 Å². The Kier molecular flexibility index (Phi) is 2.80. The first kappa shape index (κ1) is 10.3. The van der Waals surface area contributed by atoms with E-state index < -0.39 is 0 Å². The lowest BCUT2D eigenvalue weighted by Gasteiger charge is -2.09. The minimum atomic E-state index is 0.516. The highest BCUT2D eigenvalue weighted by molar-refractivity contribution is 6.37. The van der Waals surface area contributed by atoms with Crippen LogP contribution in [0.2, 0.25) is 10.0 Å². The molecule has 0 N–H and O–H groups in total. The molecule has 0 saturated heterocycles. The van der Waals surface area contributed by atoms with Crippen LogP contribution in [0, 0.1) is 0 Å². The minimum absolute atomic E-state index is 0.516. The first-order chi connectivity index (χ1) is 7.24. The number of hydrogen-bond donors (Lipinski definition) is 0. The monoisotopic (exact) mass is 239 g/mol. The molecule has 76 valence electrons. The molecule has 2 aromatic rings. The zero-order valence-electron chi connectivity index (χ0n) is 7.65. The molecule has 0 fully saturated rings. The molecular weight excluding hydrogens is 233 g/mol. The lowest BCUT2D eigenvalue weighted by molar-refractivity contribution is 0.111. The van der Waals surface area contributed by atoms with Gasteiger partial charge in [0.15, 0.2) is 6.29 Å². The van der Waals surface area contributed by atoms with Crippen LogP contribution in [-0.2, 0) is 0 Å². The predicted octanol–water partition coefficient (Wildman–Crippen LogP) is 3.60. The summed E-state index contributed by atoms with van der Waals surface area (Å²) in [5, 5.41) is 1.03. The van der Waals surface area contributed by atoms with E-state index in [1.807, 2.05) is 0 Å². The molecule has 1 aromatic carbocycles. The zero-order chi connectivity index (χ0) is 10.8. The van der Waals surface area contributed by atoms with Gasteiger partial charge in [-0.25, -0.2) is 0 Å². The highest BCUT2D eigenvalue weighted by Crippen LogP contribution is 2.29. The summed E-state index contributed by atoms with van der Waals surface area (Å²) in [7, 11) is 0. The lowest BCUT2D eigenvalue weighted by Crippen LogP contribution is -1.99. The Morgan fingerprint density at radius 1 is 1.07 bits per heavy atom. The lowest BCUT2D eigenvalue weighted by atomic mass is 10.3. The molecule has 0 saturated carbocycles. The number of halogens is 2. The van der Waals surface area contributed by atoms with Crippen LogP contribution < -0.4 is 0 Å². The van der Waals surface area contributed by atoms with Crippen molar-refractivity contribution in [2.24, 2.45) is 0 Å². The Hall–Kier alpha value is -1.25. The molecule has 0 spiro atoms. The molecule has 4 heteroatoms. The smallest absolute Gasteiger partial charge is 0.166 e. The first-order valence-corrected chi connectivity index (χ1v) is 5.06. The van der Waals surface area contributed by atoms with Gasteiger partial charge in [-0.05, 0) is 24.3 Å². The molecule has 0 aliphatic heterocycles. The van der Waals surface area contributed by atoms with Crippen LogP contribution in [0.3, 0.4) is 0 Å². The van der Waals surface area contributed by atoms with Gasteiger partial charge in [-0.3, -0.25) is 4.79 Å². The van der Waals surface area contributed by atoms with Gasteiger partial charge in [0.1, 0.15) is 0 Å². The summed E-state index contributed by atoms with van der Waals surface area (Å²) in [5.74, 6) is 0. The fourth-order valence-electron chi connectivity index (χ4n) is 1.41. The fourth-order valence-corrected chi connectivity index (χ4v) is 1.99. The third-order valence-corrected chi connectivity index (χ3v) is 2.69. The third-order valence-electron chi connectivity index (χ3n) is 2.08. The predicted molar refractivity (Wildman–Crippen MR) is 61.2 cm³/mol. The molecule has 0 aliphatic carbocycles. The Morgan fingerprint density at radius 2 is 1.73 bits per heavy atom. The van der Waals surface area contributed by atoms with Crippen molar-refractivity contribution in [1.29, 1.82) is 0 Å². The van der Waals surface area contributed by atoms with Gasteiger partial charge in [0, 0.05) is 6.20 Å². The van der Waals surface area contributed by atoms with Crippen molar-refractivity contribution >= 4 is 29.5 Å². The van der Waals surface area contributed by atoms with Crippen LogP contribution in [-0.4, -0.2) is 10.9 Å². The summed E-state index contributed by atoms with van der Waals surface area (Å²) in [6.45, 7) is 0. The van der Waals surface area contributed by atoms with Crippen molar-refractivity contribution in [2.75, 3.05) is 0 Å². The summed E-state index contributed by atoms with van der Waals surface area (Å²) in [4.78, 5) is 10.8. The SMILES string of the molecule is O=Cc1cccn1-c1c(Cl)cccc1Cl. The number of carbonyl (C=O) groups excluding carboxylic acids is 1. The number of aldehydes is 1. The van der Waals surface area contributed by atoms with Crippen LogP contribution in [0.4, 0.5) is 0 Å². The van der Waals surface area contributed by atoms with E-state index in [0.29, 0.717) is 21.4 Å². The molecule has 0 radical (unpaired) electrons. The maximum Gasteiger partial charge on any atom is 0.166 e. The number of carbonyl (C=O) groups is 1. The van der Waals surface area contributed by atoms with Crippen molar-refractivity contribution in [3.63, 3.8) is 0 Å². The van der Waals surface area contributed by atoms with E-state index in [-0.39, 0.29) is 0 Å². The molecule has 1 aromatic heterocycles. The van der Waals surface area contributed by atoms with E-state index in [9.17, 15) is 4.79 Å². The molecule has 0 atom stereocenters. The molecular formula is C11H7Cl2NO. The quantitative estimate of drug-likeness (QED) is 0.735. The van der Waals surface area contributed by atoms with Crippen molar-refractivity contribution in [2.45, 2.75) is 0 Å². The molecule has 1 heterocycles. The average molecular weight is 240 g/mol. The number of aromatic nitrogens is 1. The van der Waals surface area contributed by atoms with Gasteiger partial charge >= 0.3 is 0 Å². The van der Waals surface area contributed by atoms with Crippen molar-refractivity contribution in [3.8, 4) is 5.69 Å².